The van der Waals surface area contributed by atoms with Crippen molar-refractivity contribution in [1.29, 1.82) is 0 Å². The van der Waals surface area contributed by atoms with Crippen LogP contribution in [0.5, 0.6) is 0 Å². The van der Waals surface area contributed by atoms with Gasteiger partial charge in [-0.1, -0.05) is 64.9 Å². The topological polar surface area (TPSA) is 57.5 Å². The fourth-order valence-corrected chi connectivity index (χ4v) is 2.11. The number of carboxylic acid groups (broad SMARTS) is 1. The van der Waals surface area contributed by atoms with E-state index >= 15 is 0 Å². The second-order valence-electron chi connectivity index (χ2n) is 5.36. The van der Waals surface area contributed by atoms with Crippen LogP contribution in [0, 0.1) is 0 Å². The molecule has 0 heterocycles. The van der Waals surface area contributed by atoms with Gasteiger partial charge in [-0.2, -0.15) is 0 Å². The SMILES string of the molecule is C=C(CCC(O)CCCCCCCCCC)C(=O)O. The summed E-state index contributed by atoms with van der Waals surface area (Å²) in [6, 6.07) is 0. The highest BCUT2D eigenvalue weighted by atomic mass is 16.4. The van der Waals surface area contributed by atoms with E-state index in [1.807, 2.05) is 0 Å². The van der Waals surface area contributed by atoms with Crippen LogP contribution in [0.2, 0.25) is 0 Å². The Labute approximate surface area is 117 Å². The minimum absolute atomic E-state index is 0.190. The van der Waals surface area contributed by atoms with Crippen LogP contribution in [0.25, 0.3) is 0 Å². The highest BCUT2D eigenvalue weighted by Crippen LogP contribution is 2.14. The van der Waals surface area contributed by atoms with Crippen LogP contribution in [0.3, 0.4) is 0 Å². The molecule has 0 fully saturated rings. The number of aliphatic hydroxyl groups excluding tert-OH is 1. The molecule has 1 unspecified atom stereocenters. The van der Waals surface area contributed by atoms with Gasteiger partial charge in [0.1, 0.15) is 0 Å². The van der Waals surface area contributed by atoms with Crippen LogP contribution in [-0.4, -0.2) is 22.3 Å². The molecule has 3 heteroatoms. The van der Waals surface area contributed by atoms with Crippen molar-refractivity contribution in [3.63, 3.8) is 0 Å². The van der Waals surface area contributed by atoms with E-state index in [9.17, 15) is 9.90 Å². The van der Waals surface area contributed by atoms with E-state index in [0.717, 1.165) is 12.8 Å². The zero-order valence-corrected chi connectivity index (χ0v) is 12.4. The van der Waals surface area contributed by atoms with Crippen LogP contribution in [0.1, 0.15) is 77.6 Å². The molecule has 3 nitrogen and oxygen atoms in total. The largest absolute Gasteiger partial charge is 0.478 e. The normalized spacial score (nSPS) is 12.3. The summed E-state index contributed by atoms with van der Waals surface area (Å²) in [5.41, 5.74) is 0.190. The van der Waals surface area contributed by atoms with Crippen molar-refractivity contribution >= 4 is 5.97 Å². The van der Waals surface area contributed by atoms with Gasteiger partial charge in [0.2, 0.25) is 0 Å². The maximum atomic E-state index is 10.5. The van der Waals surface area contributed by atoms with Crippen LogP contribution in [0.15, 0.2) is 12.2 Å². The van der Waals surface area contributed by atoms with E-state index < -0.39 is 5.97 Å². The number of aliphatic hydroxyl groups is 1. The molecule has 0 aliphatic heterocycles. The van der Waals surface area contributed by atoms with Crippen molar-refractivity contribution in [2.75, 3.05) is 0 Å². The summed E-state index contributed by atoms with van der Waals surface area (Å²) < 4.78 is 0. The van der Waals surface area contributed by atoms with Gasteiger partial charge >= 0.3 is 5.97 Å². The predicted octanol–water partition coefficient (Wildman–Crippen LogP) is 4.30. The third-order valence-corrected chi connectivity index (χ3v) is 3.47. The van der Waals surface area contributed by atoms with E-state index in [2.05, 4.69) is 13.5 Å². The van der Waals surface area contributed by atoms with Gasteiger partial charge in [0, 0.05) is 5.57 Å². The molecular formula is C16H30O3. The lowest BCUT2D eigenvalue weighted by molar-refractivity contribution is -0.132. The molecular weight excluding hydrogens is 240 g/mol. The third-order valence-electron chi connectivity index (χ3n) is 3.47. The molecule has 0 aliphatic carbocycles. The van der Waals surface area contributed by atoms with Crippen molar-refractivity contribution in [2.45, 2.75) is 83.7 Å². The summed E-state index contributed by atoms with van der Waals surface area (Å²) in [6.07, 6.45) is 11.3. The Bertz CT molecular complexity index is 248. The van der Waals surface area contributed by atoms with Crippen molar-refractivity contribution in [2.24, 2.45) is 0 Å². The third kappa shape index (κ3) is 12.0. The fourth-order valence-electron chi connectivity index (χ4n) is 2.11. The van der Waals surface area contributed by atoms with E-state index in [0.29, 0.717) is 12.8 Å². The number of hydrogen-bond donors (Lipinski definition) is 2. The Balaban J connectivity index is 3.31. The molecule has 0 aromatic rings. The second-order valence-corrected chi connectivity index (χ2v) is 5.36. The van der Waals surface area contributed by atoms with Crippen molar-refractivity contribution in [3.8, 4) is 0 Å². The van der Waals surface area contributed by atoms with Gasteiger partial charge in [-0.25, -0.2) is 4.79 Å². The summed E-state index contributed by atoms with van der Waals surface area (Å²) in [6.45, 7) is 5.68. The Morgan fingerprint density at radius 1 is 1.00 bits per heavy atom. The average Bonchev–Trinajstić information content (AvgIpc) is 2.38. The van der Waals surface area contributed by atoms with Crippen molar-refractivity contribution < 1.29 is 15.0 Å². The lowest BCUT2D eigenvalue weighted by Gasteiger charge is -2.10. The molecule has 0 saturated heterocycles. The summed E-state index contributed by atoms with van der Waals surface area (Å²) >= 11 is 0. The van der Waals surface area contributed by atoms with Gasteiger partial charge in [-0.15, -0.1) is 0 Å². The molecule has 0 spiro atoms. The van der Waals surface area contributed by atoms with Gasteiger partial charge in [-0.3, -0.25) is 0 Å². The summed E-state index contributed by atoms with van der Waals surface area (Å²) in [4.78, 5) is 10.5. The number of hydrogen-bond acceptors (Lipinski definition) is 2. The first-order valence-corrected chi connectivity index (χ1v) is 7.67. The second kappa shape index (κ2) is 12.2. The highest BCUT2D eigenvalue weighted by Gasteiger charge is 2.08. The number of rotatable bonds is 13. The maximum absolute atomic E-state index is 10.5. The lowest BCUT2D eigenvalue weighted by Crippen LogP contribution is -2.08. The van der Waals surface area contributed by atoms with Gasteiger partial charge < -0.3 is 10.2 Å². The molecule has 0 rings (SSSR count). The Morgan fingerprint density at radius 3 is 2.05 bits per heavy atom. The number of unbranched alkanes of at least 4 members (excludes halogenated alkanes) is 7. The monoisotopic (exact) mass is 270 g/mol. The minimum atomic E-state index is -0.959. The first kappa shape index (κ1) is 18.2. The van der Waals surface area contributed by atoms with Crippen molar-refractivity contribution in [1.82, 2.24) is 0 Å². The van der Waals surface area contributed by atoms with Crippen LogP contribution >= 0.6 is 0 Å². The zero-order valence-electron chi connectivity index (χ0n) is 12.4. The van der Waals surface area contributed by atoms with Crippen molar-refractivity contribution in [3.05, 3.63) is 12.2 Å². The van der Waals surface area contributed by atoms with Gasteiger partial charge in [0.15, 0.2) is 0 Å². The van der Waals surface area contributed by atoms with Crippen LogP contribution in [0.4, 0.5) is 0 Å². The first-order chi connectivity index (χ1) is 9.07. The maximum Gasteiger partial charge on any atom is 0.330 e. The number of aliphatic carboxylic acids is 1. The standard InChI is InChI=1S/C16H30O3/c1-3-4-5-6-7-8-9-10-11-15(17)13-12-14(2)16(18)19/h15,17H,2-13H2,1H3,(H,18,19). The molecule has 0 aromatic heterocycles. The zero-order chi connectivity index (χ0) is 14.5. The van der Waals surface area contributed by atoms with E-state index in [4.69, 9.17) is 5.11 Å². The lowest BCUT2D eigenvalue weighted by atomic mass is 10.0. The summed E-state index contributed by atoms with van der Waals surface area (Å²) in [5.74, 6) is -0.959. The number of carbonyl (C=O) groups is 1. The summed E-state index contributed by atoms with van der Waals surface area (Å²) in [7, 11) is 0. The number of carboxylic acids is 1. The molecule has 2 N–H and O–H groups in total. The van der Waals surface area contributed by atoms with Crippen LogP contribution in [-0.2, 0) is 4.79 Å². The smallest absolute Gasteiger partial charge is 0.330 e. The van der Waals surface area contributed by atoms with Crippen LogP contribution < -0.4 is 0 Å². The Morgan fingerprint density at radius 2 is 1.53 bits per heavy atom. The highest BCUT2D eigenvalue weighted by molar-refractivity contribution is 5.85. The quantitative estimate of drug-likeness (QED) is 0.387. The molecule has 0 aromatic carbocycles. The first-order valence-electron chi connectivity index (χ1n) is 7.67. The minimum Gasteiger partial charge on any atom is -0.478 e. The Kier molecular flexibility index (Phi) is 11.7. The average molecular weight is 270 g/mol. The summed E-state index contributed by atoms with van der Waals surface area (Å²) in [5, 5.41) is 18.4. The van der Waals surface area contributed by atoms with Gasteiger partial charge in [0.05, 0.1) is 6.10 Å². The fraction of sp³-hybridized carbons (Fsp3) is 0.812. The van der Waals surface area contributed by atoms with Gasteiger partial charge in [-0.05, 0) is 19.3 Å². The van der Waals surface area contributed by atoms with E-state index in [1.54, 1.807) is 0 Å². The molecule has 112 valence electrons. The molecule has 0 radical (unpaired) electrons. The molecule has 0 aliphatic rings. The van der Waals surface area contributed by atoms with E-state index in [1.165, 1.54) is 44.9 Å². The molecule has 1 atom stereocenters. The molecule has 0 bridgehead atoms. The predicted molar refractivity (Wildman–Crippen MR) is 79.2 cm³/mol. The molecule has 19 heavy (non-hydrogen) atoms. The Hall–Kier alpha value is -0.830. The van der Waals surface area contributed by atoms with E-state index in [-0.39, 0.29) is 11.7 Å². The molecule has 0 amide bonds. The van der Waals surface area contributed by atoms with Gasteiger partial charge in [0.25, 0.3) is 0 Å². The molecule has 0 saturated carbocycles.